The fourth-order valence-electron chi connectivity index (χ4n) is 5.81. The quantitative estimate of drug-likeness (QED) is 0.691. The Morgan fingerprint density at radius 3 is 2.77 bits per heavy atom. The second kappa shape index (κ2) is 6.45. The molecule has 0 aromatic heterocycles. The fraction of sp³-hybridized carbons (Fsp3) is 0.385. The number of hydrogen-bond donors (Lipinski definition) is 0. The molecule has 6 rings (SSSR count). The SMILES string of the molecule is C[N+]1(C)C2=CC(ON3c4cccc5c4=C(CCC=5)[N+]3(C)C)CC=C2OC2C=CC=CC21. The summed E-state index contributed by atoms with van der Waals surface area (Å²) in [5.74, 6) is 1.00. The van der Waals surface area contributed by atoms with Crippen LogP contribution in [0.2, 0.25) is 0 Å². The van der Waals surface area contributed by atoms with Crippen molar-refractivity contribution in [2.24, 2.45) is 0 Å². The van der Waals surface area contributed by atoms with Gasteiger partial charge in [0.1, 0.15) is 17.5 Å². The van der Waals surface area contributed by atoms with Crippen LogP contribution in [0.25, 0.3) is 11.8 Å². The molecule has 0 saturated carbocycles. The molecule has 3 unspecified atom stereocenters. The molecule has 2 heterocycles. The van der Waals surface area contributed by atoms with Crippen LogP contribution < -0.4 is 15.6 Å². The van der Waals surface area contributed by atoms with E-state index >= 15 is 0 Å². The lowest BCUT2D eigenvalue weighted by atomic mass is 9.95. The molecule has 1 saturated heterocycles. The molecule has 1 aromatic carbocycles. The summed E-state index contributed by atoms with van der Waals surface area (Å²) < 4.78 is 7.76. The van der Waals surface area contributed by atoms with Crippen LogP contribution in [0, 0.1) is 0 Å². The van der Waals surface area contributed by atoms with E-state index in [0.29, 0.717) is 4.59 Å². The van der Waals surface area contributed by atoms with Gasteiger partial charge in [-0.2, -0.15) is 4.59 Å². The molecular formula is C26H31N3O2+2. The van der Waals surface area contributed by atoms with Crippen LogP contribution in [0.3, 0.4) is 0 Å². The second-order valence-corrected chi connectivity index (χ2v) is 9.98. The van der Waals surface area contributed by atoms with E-state index in [2.05, 4.69) is 94.1 Å². The van der Waals surface area contributed by atoms with E-state index in [1.807, 2.05) is 0 Å². The van der Waals surface area contributed by atoms with E-state index in [9.17, 15) is 0 Å². The number of ether oxygens (including phenoxy) is 1. The number of nitrogens with zero attached hydrogens (tertiary/aromatic N) is 3. The number of benzene rings is 1. The van der Waals surface area contributed by atoms with Crippen molar-refractivity contribution in [1.82, 2.24) is 0 Å². The van der Waals surface area contributed by atoms with E-state index in [0.717, 1.165) is 29.5 Å². The Hall–Kier alpha value is -2.60. The molecule has 0 radical (unpaired) electrons. The predicted octanol–water partition coefficient (Wildman–Crippen LogP) is 2.62. The van der Waals surface area contributed by atoms with Crippen LogP contribution in [0.15, 0.2) is 66.1 Å². The highest BCUT2D eigenvalue weighted by Gasteiger charge is 2.48. The minimum Gasteiger partial charge on any atom is -0.474 e. The van der Waals surface area contributed by atoms with Gasteiger partial charge in [0.15, 0.2) is 23.6 Å². The van der Waals surface area contributed by atoms with Crippen molar-refractivity contribution in [3.05, 3.63) is 76.5 Å². The summed E-state index contributed by atoms with van der Waals surface area (Å²) in [6.45, 7) is 0. The maximum atomic E-state index is 6.74. The number of morpholine rings is 1. The first-order chi connectivity index (χ1) is 14.9. The van der Waals surface area contributed by atoms with Gasteiger partial charge in [-0.25, -0.2) is 4.84 Å². The summed E-state index contributed by atoms with van der Waals surface area (Å²) >= 11 is 0. The zero-order valence-corrected chi connectivity index (χ0v) is 18.8. The van der Waals surface area contributed by atoms with Gasteiger partial charge in [0.25, 0.3) is 0 Å². The van der Waals surface area contributed by atoms with Crippen LogP contribution >= 0.6 is 0 Å². The van der Waals surface area contributed by atoms with Crippen LogP contribution in [-0.4, -0.2) is 55.5 Å². The summed E-state index contributed by atoms with van der Waals surface area (Å²) in [4.78, 5) is 6.74. The standard InChI is InChI=1S/C26H31N3O2/c1-28(2)21-12-5-6-14-24(21)30-25-16-15-19(17-23(25)28)31-27-20-11-7-9-18-10-8-13-22(26(18)20)29(27,3)4/h5-7,9-12,14,16-17,19,21,24H,8,13,15H2,1-4H3/q+2. The number of rotatable bonds is 2. The number of allylic oxidation sites excluding steroid dienone is 2. The van der Waals surface area contributed by atoms with Crippen molar-refractivity contribution in [2.75, 3.05) is 33.4 Å². The molecule has 31 heavy (non-hydrogen) atoms. The molecule has 0 bridgehead atoms. The lowest BCUT2D eigenvalue weighted by Crippen LogP contribution is -2.58. The first kappa shape index (κ1) is 19.1. The van der Waals surface area contributed by atoms with E-state index in [1.165, 1.54) is 27.5 Å². The summed E-state index contributed by atoms with van der Waals surface area (Å²) in [7, 11) is 9.01. The Morgan fingerprint density at radius 1 is 1.06 bits per heavy atom. The van der Waals surface area contributed by atoms with Crippen molar-refractivity contribution < 1.29 is 18.6 Å². The van der Waals surface area contributed by atoms with Crippen molar-refractivity contribution in [3.8, 4) is 0 Å². The third-order valence-electron chi connectivity index (χ3n) is 7.48. The molecule has 5 heteroatoms. The largest absolute Gasteiger partial charge is 0.474 e. The van der Waals surface area contributed by atoms with Crippen molar-refractivity contribution in [3.63, 3.8) is 0 Å². The zero-order chi connectivity index (χ0) is 21.4. The zero-order valence-electron chi connectivity index (χ0n) is 18.8. The first-order valence-electron chi connectivity index (χ1n) is 11.3. The van der Waals surface area contributed by atoms with Crippen molar-refractivity contribution in [2.45, 2.75) is 37.5 Å². The number of hydrogen-bond acceptors (Lipinski definition) is 3. The average molecular weight is 418 g/mol. The smallest absolute Gasteiger partial charge is 0.177 e. The van der Waals surface area contributed by atoms with Gasteiger partial charge in [-0.15, -0.1) is 0 Å². The van der Waals surface area contributed by atoms with Gasteiger partial charge < -0.3 is 4.74 Å². The number of quaternary nitrogens is 2. The molecule has 5 aliphatic rings. The van der Waals surface area contributed by atoms with Crippen molar-refractivity contribution >= 4 is 17.5 Å². The van der Waals surface area contributed by atoms with Crippen LogP contribution in [-0.2, 0) is 9.57 Å². The van der Waals surface area contributed by atoms with E-state index < -0.39 is 0 Å². The molecule has 5 nitrogen and oxygen atoms in total. The average Bonchev–Trinajstić information content (AvgIpc) is 2.98. The Balaban J connectivity index is 1.34. The number of fused-ring (bicyclic) bond motifs is 2. The Labute approximate surface area is 183 Å². The van der Waals surface area contributed by atoms with E-state index in [-0.39, 0.29) is 18.2 Å². The van der Waals surface area contributed by atoms with Gasteiger partial charge in [-0.3, -0.25) is 4.48 Å². The minimum absolute atomic E-state index is 0.0302. The molecule has 0 N–H and O–H groups in total. The molecule has 160 valence electrons. The molecule has 0 amide bonds. The maximum absolute atomic E-state index is 6.74. The predicted molar refractivity (Wildman–Crippen MR) is 122 cm³/mol. The first-order valence-corrected chi connectivity index (χ1v) is 11.3. The Kier molecular flexibility index (Phi) is 3.98. The summed E-state index contributed by atoms with van der Waals surface area (Å²) in [6, 6.07) is 6.83. The Morgan fingerprint density at radius 2 is 1.90 bits per heavy atom. The van der Waals surface area contributed by atoms with Crippen LogP contribution in [0.1, 0.15) is 19.3 Å². The van der Waals surface area contributed by atoms with E-state index in [4.69, 9.17) is 9.57 Å². The second-order valence-electron chi connectivity index (χ2n) is 9.98. The van der Waals surface area contributed by atoms with E-state index in [1.54, 1.807) is 0 Å². The van der Waals surface area contributed by atoms with Gasteiger partial charge in [0.2, 0.25) is 0 Å². The third-order valence-corrected chi connectivity index (χ3v) is 7.48. The molecule has 3 atom stereocenters. The van der Waals surface area contributed by atoms with Gasteiger partial charge in [0.05, 0.1) is 33.4 Å². The molecule has 1 fully saturated rings. The third kappa shape index (κ3) is 2.67. The number of anilines is 1. The van der Waals surface area contributed by atoms with Gasteiger partial charge in [-0.05, 0) is 35.9 Å². The Bertz CT molecular complexity index is 1200. The highest BCUT2D eigenvalue weighted by atomic mass is 16.7. The molecule has 2 aliphatic heterocycles. The van der Waals surface area contributed by atoms with Gasteiger partial charge >= 0.3 is 0 Å². The monoisotopic (exact) mass is 417 g/mol. The lowest BCUT2D eigenvalue weighted by Gasteiger charge is -2.47. The van der Waals surface area contributed by atoms with Crippen LogP contribution in [0.5, 0.6) is 0 Å². The maximum Gasteiger partial charge on any atom is 0.177 e. The molecule has 3 aliphatic carbocycles. The van der Waals surface area contributed by atoms with Crippen LogP contribution in [0.4, 0.5) is 5.69 Å². The minimum atomic E-state index is -0.0302. The fourth-order valence-corrected chi connectivity index (χ4v) is 5.81. The molecular weight excluding hydrogens is 386 g/mol. The summed E-state index contributed by atoms with van der Waals surface area (Å²) in [5, 5.41) is 4.81. The topological polar surface area (TPSA) is 21.7 Å². The molecule has 1 aromatic rings. The normalized spacial score (nSPS) is 31.0. The summed E-state index contributed by atoms with van der Waals surface area (Å²) in [6.07, 6.45) is 18.5. The summed E-state index contributed by atoms with van der Waals surface area (Å²) in [5.41, 5.74) is 3.82. The highest BCUT2D eigenvalue weighted by molar-refractivity contribution is 5.61. The van der Waals surface area contributed by atoms with Gasteiger partial charge in [0, 0.05) is 18.9 Å². The number of likely N-dealkylation sites (N-methyl/N-ethyl adjacent to an activating group) is 1. The highest BCUT2D eigenvalue weighted by Crippen LogP contribution is 2.40. The molecule has 0 spiro atoms. The van der Waals surface area contributed by atoms with Gasteiger partial charge in [-0.1, -0.05) is 35.5 Å². The van der Waals surface area contributed by atoms with Crippen molar-refractivity contribution in [1.29, 1.82) is 0 Å². The lowest BCUT2D eigenvalue weighted by molar-refractivity contribution is -0.879.